The number of amides is 2. The summed E-state index contributed by atoms with van der Waals surface area (Å²) in [5.41, 5.74) is 2.92. The fourth-order valence-corrected chi connectivity index (χ4v) is 2.63. The Morgan fingerprint density at radius 1 is 1.11 bits per heavy atom. The molecule has 0 fully saturated rings. The van der Waals surface area contributed by atoms with Crippen molar-refractivity contribution >= 4 is 39.9 Å². The SMILES string of the molecule is C#Cc1cccc(Nc2ncnc3ccc(NC(=O)CCNC(C)=O)cc23)c1. The monoisotopic (exact) mass is 373 g/mol. The molecule has 1 heterocycles. The third-order valence-corrected chi connectivity index (χ3v) is 3.94. The van der Waals surface area contributed by atoms with E-state index in [0.717, 1.165) is 22.2 Å². The molecule has 0 saturated carbocycles. The van der Waals surface area contributed by atoms with E-state index in [2.05, 4.69) is 31.8 Å². The average Bonchev–Trinajstić information content (AvgIpc) is 2.68. The number of carbonyl (C=O) groups excluding carboxylic acids is 2. The Kier molecular flexibility index (Phi) is 5.82. The average molecular weight is 373 g/mol. The minimum absolute atomic E-state index is 0.166. The van der Waals surface area contributed by atoms with Crippen LogP contribution in [-0.2, 0) is 9.59 Å². The van der Waals surface area contributed by atoms with Crippen LogP contribution in [-0.4, -0.2) is 28.3 Å². The Hall–Kier alpha value is -3.92. The van der Waals surface area contributed by atoms with Crippen molar-refractivity contribution in [3.05, 3.63) is 54.4 Å². The first kappa shape index (κ1) is 18.9. The molecule has 7 nitrogen and oxygen atoms in total. The summed E-state index contributed by atoms with van der Waals surface area (Å²) in [6.45, 7) is 1.70. The zero-order valence-electron chi connectivity index (χ0n) is 15.3. The highest BCUT2D eigenvalue weighted by Gasteiger charge is 2.08. The smallest absolute Gasteiger partial charge is 0.226 e. The summed E-state index contributed by atoms with van der Waals surface area (Å²) in [6.07, 6.45) is 7.11. The number of anilines is 3. The van der Waals surface area contributed by atoms with Gasteiger partial charge in [-0.1, -0.05) is 12.0 Å². The van der Waals surface area contributed by atoms with E-state index in [9.17, 15) is 9.59 Å². The maximum Gasteiger partial charge on any atom is 0.226 e. The van der Waals surface area contributed by atoms with E-state index in [-0.39, 0.29) is 24.8 Å². The molecule has 140 valence electrons. The van der Waals surface area contributed by atoms with Gasteiger partial charge >= 0.3 is 0 Å². The summed E-state index contributed by atoms with van der Waals surface area (Å²) in [5, 5.41) is 9.41. The number of rotatable bonds is 6. The number of hydrogen-bond acceptors (Lipinski definition) is 5. The second kappa shape index (κ2) is 8.64. The summed E-state index contributed by atoms with van der Waals surface area (Å²) in [7, 11) is 0. The van der Waals surface area contributed by atoms with E-state index in [1.54, 1.807) is 12.1 Å². The van der Waals surface area contributed by atoms with Crippen molar-refractivity contribution in [2.45, 2.75) is 13.3 Å². The first-order valence-corrected chi connectivity index (χ1v) is 8.68. The molecule has 0 saturated heterocycles. The van der Waals surface area contributed by atoms with E-state index in [0.29, 0.717) is 11.5 Å². The first-order valence-electron chi connectivity index (χ1n) is 8.68. The molecule has 3 N–H and O–H groups in total. The van der Waals surface area contributed by atoms with Crippen LogP contribution in [0.3, 0.4) is 0 Å². The molecule has 2 aromatic carbocycles. The van der Waals surface area contributed by atoms with Gasteiger partial charge in [0, 0.05) is 42.2 Å². The molecule has 28 heavy (non-hydrogen) atoms. The van der Waals surface area contributed by atoms with Gasteiger partial charge in [0.1, 0.15) is 12.1 Å². The number of hydrogen-bond donors (Lipinski definition) is 3. The van der Waals surface area contributed by atoms with Gasteiger partial charge in [-0.2, -0.15) is 0 Å². The fourth-order valence-electron chi connectivity index (χ4n) is 2.63. The Morgan fingerprint density at radius 2 is 1.96 bits per heavy atom. The first-order chi connectivity index (χ1) is 13.5. The van der Waals surface area contributed by atoms with Crippen LogP contribution in [0.15, 0.2) is 48.8 Å². The molecule has 0 bridgehead atoms. The van der Waals surface area contributed by atoms with Crippen molar-refractivity contribution in [1.29, 1.82) is 0 Å². The van der Waals surface area contributed by atoms with Crippen molar-refractivity contribution in [2.24, 2.45) is 0 Å². The van der Waals surface area contributed by atoms with Crippen LogP contribution in [0.5, 0.6) is 0 Å². The zero-order valence-corrected chi connectivity index (χ0v) is 15.3. The molecular formula is C21H19N5O2. The zero-order chi connectivity index (χ0) is 19.9. The summed E-state index contributed by atoms with van der Waals surface area (Å²) < 4.78 is 0. The maximum absolute atomic E-state index is 12.0. The van der Waals surface area contributed by atoms with Crippen LogP contribution in [0.4, 0.5) is 17.2 Å². The second-order valence-electron chi connectivity index (χ2n) is 6.09. The van der Waals surface area contributed by atoms with Gasteiger partial charge in [-0.25, -0.2) is 9.97 Å². The summed E-state index contributed by atoms with van der Waals surface area (Å²) >= 11 is 0. The standard InChI is InChI=1S/C21H19N5O2/c1-3-15-5-4-6-16(11-15)26-21-18-12-17(7-8-19(18)23-13-24-21)25-20(28)9-10-22-14(2)27/h1,4-8,11-13H,9-10H2,2H3,(H,22,27)(H,25,28)(H,23,24,26). The topological polar surface area (TPSA) is 96.0 Å². The fraction of sp³-hybridized carbons (Fsp3) is 0.143. The lowest BCUT2D eigenvalue weighted by Crippen LogP contribution is -2.25. The largest absolute Gasteiger partial charge is 0.356 e. The van der Waals surface area contributed by atoms with Gasteiger partial charge in [-0.15, -0.1) is 6.42 Å². The molecule has 0 atom stereocenters. The normalized spacial score (nSPS) is 10.1. The third-order valence-electron chi connectivity index (χ3n) is 3.94. The lowest BCUT2D eigenvalue weighted by atomic mass is 10.2. The summed E-state index contributed by atoms with van der Waals surface area (Å²) in [4.78, 5) is 31.5. The minimum Gasteiger partial charge on any atom is -0.356 e. The number of terminal acetylenes is 1. The molecule has 7 heteroatoms. The predicted molar refractivity (Wildman–Crippen MR) is 109 cm³/mol. The van der Waals surface area contributed by atoms with E-state index in [4.69, 9.17) is 6.42 Å². The third kappa shape index (κ3) is 4.83. The summed E-state index contributed by atoms with van der Waals surface area (Å²) in [5.74, 6) is 2.84. The Bertz CT molecular complexity index is 1070. The quantitative estimate of drug-likeness (QED) is 0.578. The highest BCUT2D eigenvalue weighted by Crippen LogP contribution is 2.26. The van der Waals surface area contributed by atoms with Crippen molar-refractivity contribution in [3.63, 3.8) is 0 Å². The molecule has 0 aliphatic heterocycles. The van der Waals surface area contributed by atoms with E-state index >= 15 is 0 Å². The number of nitrogens with zero attached hydrogens (tertiary/aromatic N) is 2. The minimum atomic E-state index is -0.193. The molecule has 2 amide bonds. The molecule has 3 aromatic rings. The Balaban J connectivity index is 1.80. The van der Waals surface area contributed by atoms with Gasteiger partial charge in [0.05, 0.1) is 5.52 Å². The number of benzene rings is 2. The number of carbonyl (C=O) groups is 2. The molecule has 1 aromatic heterocycles. The van der Waals surface area contributed by atoms with Gasteiger partial charge in [0.2, 0.25) is 11.8 Å². The van der Waals surface area contributed by atoms with Crippen LogP contribution in [0.2, 0.25) is 0 Å². The van der Waals surface area contributed by atoms with Gasteiger partial charge < -0.3 is 16.0 Å². The molecule has 3 rings (SSSR count). The van der Waals surface area contributed by atoms with Crippen LogP contribution in [0.25, 0.3) is 10.9 Å². The van der Waals surface area contributed by atoms with E-state index in [1.165, 1.54) is 13.3 Å². The van der Waals surface area contributed by atoms with Crippen LogP contribution >= 0.6 is 0 Å². The molecule has 0 spiro atoms. The van der Waals surface area contributed by atoms with E-state index in [1.807, 2.05) is 30.3 Å². The molecule has 0 unspecified atom stereocenters. The van der Waals surface area contributed by atoms with Crippen LogP contribution in [0.1, 0.15) is 18.9 Å². The van der Waals surface area contributed by atoms with Crippen molar-refractivity contribution < 1.29 is 9.59 Å². The second-order valence-corrected chi connectivity index (χ2v) is 6.09. The Labute approximate surface area is 162 Å². The number of aromatic nitrogens is 2. The van der Waals surface area contributed by atoms with Gasteiger partial charge in [0.25, 0.3) is 0 Å². The lowest BCUT2D eigenvalue weighted by Gasteiger charge is -2.11. The molecule has 0 aliphatic carbocycles. The van der Waals surface area contributed by atoms with Crippen molar-refractivity contribution in [2.75, 3.05) is 17.2 Å². The van der Waals surface area contributed by atoms with Crippen LogP contribution in [0, 0.1) is 12.3 Å². The van der Waals surface area contributed by atoms with Crippen LogP contribution < -0.4 is 16.0 Å². The van der Waals surface area contributed by atoms with Gasteiger partial charge in [0.15, 0.2) is 0 Å². The van der Waals surface area contributed by atoms with Crippen molar-refractivity contribution in [1.82, 2.24) is 15.3 Å². The number of fused-ring (bicyclic) bond motifs is 1. The predicted octanol–water partition coefficient (Wildman–Crippen LogP) is 2.82. The highest BCUT2D eigenvalue weighted by atomic mass is 16.2. The maximum atomic E-state index is 12.0. The van der Waals surface area contributed by atoms with Gasteiger partial charge in [-0.05, 0) is 36.4 Å². The molecule has 0 aliphatic rings. The van der Waals surface area contributed by atoms with Crippen molar-refractivity contribution in [3.8, 4) is 12.3 Å². The lowest BCUT2D eigenvalue weighted by molar-refractivity contribution is -0.119. The van der Waals surface area contributed by atoms with E-state index < -0.39 is 0 Å². The number of nitrogens with one attached hydrogen (secondary N) is 3. The Morgan fingerprint density at radius 3 is 2.75 bits per heavy atom. The summed E-state index contributed by atoms with van der Waals surface area (Å²) in [6, 6.07) is 12.8. The molecule has 0 radical (unpaired) electrons. The van der Waals surface area contributed by atoms with Gasteiger partial charge in [-0.3, -0.25) is 9.59 Å². The molecular weight excluding hydrogens is 354 g/mol. The highest BCUT2D eigenvalue weighted by molar-refractivity contribution is 5.97.